The van der Waals surface area contributed by atoms with Gasteiger partial charge in [-0.1, -0.05) is 0 Å². The highest BCUT2D eigenvalue weighted by Gasteiger charge is 2.18. The van der Waals surface area contributed by atoms with Crippen LogP contribution < -0.4 is 9.64 Å². The van der Waals surface area contributed by atoms with Crippen LogP contribution in [0.2, 0.25) is 0 Å². The maximum Gasteiger partial charge on any atom is 0.346 e. The number of thiazole rings is 1. The number of carbonyl (C=O) groups excluding carboxylic acids is 1. The molecule has 1 aromatic carbocycles. The van der Waals surface area contributed by atoms with Gasteiger partial charge in [-0.05, 0) is 30.3 Å². The molecule has 0 spiro atoms. The lowest BCUT2D eigenvalue weighted by Gasteiger charge is -2.18. The minimum Gasteiger partial charge on any atom is -0.497 e. The number of rotatable bonds is 5. The van der Waals surface area contributed by atoms with Crippen LogP contribution in [0.5, 0.6) is 5.75 Å². The molecule has 1 N–H and O–H groups in total. The van der Waals surface area contributed by atoms with E-state index in [-0.39, 0.29) is 5.91 Å². The molecular weight excluding hydrogens is 330 g/mol. The molecule has 0 unspecified atom stereocenters. The fraction of sp³-hybridized carbons (Fsp3) is 0.125. The standard InChI is InChI=1S/C16H13N3O4S/c1-10(20)19(13-3-5-14(23-2)6-4-13)16-18-12(9-24-16)7-11(8-17)15(21)22/h3-7,9H,1-2H3,(H,21,22). The smallest absolute Gasteiger partial charge is 0.346 e. The van der Waals surface area contributed by atoms with Crippen LogP contribution in [0.25, 0.3) is 6.08 Å². The highest BCUT2D eigenvalue weighted by atomic mass is 32.1. The zero-order chi connectivity index (χ0) is 17.7. The van der Waals surface area contributed by atoms with Crippen molar-refractivity contribution in [2.75, 3.05) is 12.0 Å². The summed E-state index contributed by atoms with van der Waals surface area (Å²) in [7, 11) is 1.55. The lowest BCUT2D eigenvalue weighted by Crippen LogP contribution is -2.22. The molecule has 1 aromatic heterocycles. The van der Waals surface area contributed by atoms with Gasteiger partial charge in [0.2, 0.25) is 5.91 Å². The SMILES string of the molecule is COc1ccc(N(C(C)=O)c2nc(C=C(C#N)C(=O)O)cs2)cc1. The summed E-state index contributed by atoms with van der Waals surface area (Å²) in [6.07, 6.45) is 1.16. The lowest BCUT2D eigenvalue weighted by atomic mass is 10.2. The van der Waals surface area contributed by atoms with Crippen molar-refractivity contribution in [3.05, 3.63) is 40.9 Å². The van der Waals surface area contributed by atoms with Crippen LogP contribution in [0.4, 0.5) is 10.8 Å². The predicted molar refractivity (Wildman–Crippen MR) is 89.2 cm³/mol. The second kappa shape index (κ2) is 7.39. The van der Waals surface area contributed by atoms with Crippen molar-refractivity contribution < 1.29 is 19.4 Å². The van der Waals surface area contributed by atoms with Crippen LogP contribution in [0, 0.1) is 11.3 Å². The van der Waals surface area contributed by atoms with Gasteiger partial charge in [0.25, 0.3) is 0 Å². The first-order valence-electron chi connectivity index (χ1n) is 6.71. The Balaban J connectivity index is 2.38. The number of hydrogen-bond donors (Lipinski definition) is 1. The topological polar surface area (TPSA) is 104 Å². The van der Waals surface area contributed by atoms with E-state index in [0.29, 0.717) is 22.3 Å². The number of methoxy groups -OCH3 is 1. The molecule has 122 valence electrons. The number of carboxylic acid groups (broad SMARTS) is 1. The summed E-state index contributed by atoms with van der Waals surface area (Å²) in [5, 5.41) is 19.6. The van der Waals surface area contributed by atoms with Crippen LogP contribution in [0.15, 0.2) is 35.2 Å². The Hall–Kier alpha value is -3.18. The third kappa shape index (κ3) is 3.77. The van der Waals surface area contributed by atoms with E-state index in [0.717, 1.165) is 6.08 Å². The molecular formula is C16H13N3O4S. The number of aliphatic carboxylic acids is 1. The van der Waals surface area contributed by atoms with Gasteiger partial charge >= 0.3 is 5.97 Å². The Labute approximate surface area is 142 Å². The number of amides is 1. The number of carboxylic acids is 1. The van der Waals surface area contributed by atoms with Gasteiger partial charge in [0.1, 0.15) is 17.4 Å². The lowest BCUT2D eigenvalue weighted by molar-refractivity contribution is -0.132. The minimum atomic E-state index is -1.33. The van der Waals surface area contributed by atoms with Gasteiger partial charge in [0, 0.05) is 12.3 Å². The average molecular weight is 343 g/mol. The molecule has 0 atom stereocenters. The fourth-order valence-corrected chi connectivity index (χ4v) is 2.74. The van der Waals surface area contributed by atoms with Gasteiger partial charge in [-0.3, -0.25) is 9.69 Å². The summed E-state index contributed by atoms with van der Waals surface area (Å²) in [6, 6.07) is 8.46. The second-order valence-electron chi connectivity index (χ2n) is 4.58. The highest BCUT2D eigenvalue weighted by Crippen LogP contribution is 2.30. The quantitative estimate of drug-likeness (QED) is 0.661. The molecule has 2 aromatic rings. The van der Waals surface area contributed by atoms with E-state index in [2.05, 4.69) is 4.98 Å². The van der Waals surface area contributed by atoms with Crippen molar-refractivity contribution in [1.82, 2.24) is 4.98 Å². The van der Waals surface area contributed by atoms with Crippen LogP contribution in [-0.4, -0.2) is 29.1 Å². The van der Waals surface area contributed by atoms with Crippen LogP contribution in [0.3, 0.4) is 0 Å². The largest absolute Gasteiger partial charge is 0.497 e. The number of nitrogens with zero attached hydrogens (tertiary/aromatic N) is 3. The third-order valence-electron chi connectivity index (χ3n) is 2.99. The Kier molecular flexibility index (Phi) is 5.29. The van der Waals surface area contributed by atoms with E-state index in [9.17, 15) is 9.59 Å². The van der Waals surface area contributed by atoms with Crippen LogP contribution in [0.1, 0.15) is 12.6 Å². The summed E-state index contributed by atoms with van der Waals surface area (Å²) in [6.45, 7) is 1.40. The number of nitriles is 1. The van der Waals surface area contributed by atoms with Gasteiger partial charge in [-0.25, -0.2) is 9.78 Å². The Bertz CT molecular complexity index is 834. The fourth-order valence-electron chi connectivity index (χ4n) is 1.89. The van der Waals surface area contributed by atoms with Gasteiger partial charge in [0.05, 0.1) is 18.5 Å². The zero-order valence-corrected chi connectivity index (χ0v) is 13.7. The van der Waals surface area contributed by atoms with Crippen LogP contribution in [-0.2, 0) is 9.59 Å². The number of benzene rings is 1. The summed E-state index contributed by atoms with van der Waals surface area (Å²) >= 11 is 1.17. The first kappa shape index (κ1) is 17.2. The molecule has 0 radical (unpaired) electrons. The molecule has 8 heteroatoms. The summed E-state index contributed by atoms with van der Waals surface area (Å²) in [4.78, 5) is 28.5. The molecule has 0 aliphatic rings. The van der Waals surface area contributed by atoms with Crippen molar-refractivity contribution in [2.45, 2.75) is 6.92 Å². The summed E-state index contributed by atoms with van der Waals surface area (Å²) < 4.78 is 5.09. The molecule has 24 heavy (non-hydrogen) atoms. The molecule has 0 aliphatic carbocycles. The molecule has 0 aliphatic heterocycles. The number of aromatic nitrogens is 1. The summed E-state index contributed by atoms with van der Waals surface area (Å²) in [5.41, 5.74) is 0.478. The van der Waals surface area contributed by atoms with Gasteiger partial charge in [-0.15, -0.1) is 11.3 Å². The number of carbonyl (C=O) groups is 2. The normalized spacial score (nSPS) is 10.8. The molecule has 2 rings (SSSR count). The van der Waals surface area contributed by atoms with Crippen molar-refractivity contribution in [1.29, 1.82) is 5.26 Å². The van der Waals surface area contributed by atoms with E-state index in [1.165, 1.54) is 23.2 Å². The molecule has 0 fully saturated rings. The molecule has 0 saturated carbocycles. The number of anilines is 2. The maximum atomic E-state index is 12.0. The minimum absolute atomic E-state index is 0.246. The first-order chi connectivity index (χ1) is 11.5. The predicted octanol–water partition coefficient (Wildman–Crippen LogP) is 2.83. The Morgan fingerprint density at radius 1 is 1.38 bits per heavy atom. The van der Waals surface area contributed by atoms with E-state index in [1.807, 2.05) is 0 Å². The Morgan fingerprint density at radius 2 is 2.04 bits per heavy atom. The van der Waals surface area contributed by atoms with Gasteiger partial charge in [0.15, 0.2) is 5.13 Å². The van der Waals surface area contributed by atoms with E-state index in [4.69, 9.17) is 15.1 Å². The van der Waals surface area contributed by atoms with Gasteiger partial charge < -0.3 is 9.84 Å². The van der Waals surface area contributed by atoms with Crippen LogP contribution >= 0.6 is 11.3 Å². The number of ether oxygens (including phenoxy) is 1. The maximum absolute atomic E-state index is 12.0. The molecule has 7 nitrogen and oxygen atoms in total. The zero-order valence-electron chi connectivity index (χ0n) is 12.9. The van der Waals surface area contributed by atoms with Gasteiger partial charge in [-0.2, -0.15) is 5.26 Å². The number of hydrogen-bond acceptors (Lipinski definition) is 6. The van der Waals surface area contributed by atoms with Crippen molar-refractivity contribution in [3.63, 3.8) is 0 Å². The molecule has 1 amide bonds. The molecule has 0 saturated heterocycles. The van der Waals surface area contributed by atoms with E-state index >= 15 is 0 Å². The van der Waals surface area contributed by atoms with Crippen molar-refractivity contribution >= 4 is 40.1 Å². The second-order valence-corrected chi connectivity index (χ2v) is 5.42. The first-order valence-corrected chi connectivity index (χ1v) is 7.59. The average Bonchev–Trinajstić information content (AvgIpc) is 3.01. The molecule has 1 heterocycles. The van der Waals surface area contributed by atoms with Crippen molar-refractivity contribution in [2.24, 2.45) is 0 Å². The van der Waals surface area contributed by atoms with E-state index < -0.39 is 11.5 Å². The van der Waals surface area contributed by atoms with Crippen molar-refractivity contribution in [3.8, 4) is 11.8 Å². The third-order valence-corrected chi connectivity index (χ3v) is 3.83. The van der Waals surface area contributed by atoms with E-state index in [1.54, 1.807) is 42.8 Å². The monoisotopic (exact) mass is 343 g/mol. The summed E-state index contributed by atoms with van der Waals surface area (Å²) in [5.74, 6) is -0.917. The molecule has 0 bridgehead atoms. The highest BCUT2D eigenvalue weighted by molar-refractivity contribution is 7.14. The Morgan fingerprint density at radius 3 is 2.54 bits per heavy atom.